The fourth-order valence-corrected chi connectivity index (χ4v) is 1.97. The minimum atomic E-state index is 0.500. The van der Waals surface area contributed by atoms with Gasteiger partial charge < -0.3 is 5.73 Å². The second-order valence-electron chi connectivity index (χ2n) is 4.70. The first-order chi connectivity index (χ1) is 5.14. The lowest BCUT2D eigenvalue weighted by atomic mass is 9.72. The molecule has 2 N–H and O–H groups in total. The molecule has 1 fully saturated rings. The summed E-state index contributed by atoms with van der Waals surface area (Å²) in [6, 6.07) is 0. The first-order valence-electron chi connectivity index (χ1n) is 4.84. The van der Waals surface area contributed by atoms with Crippen LogP contribution in [0.4, 0.5) is 0 Å². The third-order valence-electron chi connectivity index (χ3n) is 2.89. The zero-order chi connectivity index (χ0) is 8.32. The molecule has 0 unspecified atom stereocenters. The Bertz CT molecular complexity index is 114. The molecule has 0 spiro atoms. The van der Waals surface area contributed by atoms with E-state index in [1.54, 1.807) is 0 Å². The molecule has 66 valence electrons. The highest BCUT2D eigenvalue weighted by Gasteiger charge is 2.26. The fourth-order valence-electron chi connectivity index (χ4n) is 1.97. The van der Waals surface area contributed by atoms with E-state index in [4.69, 9.17) is 5.73 Å². The van der Waals surface area contributed by atoms with Gasteiger partial charge in [0, 0.05) is 0 Å². The highest BCUT2D eigenvalue weighted by molar-refractivity contribution is 4.78. The molecule has 1 nitrogen and oxygen atoms in total. The molecule has 0 heterocycles. The van der Waals surface area contributed by atoms with Crippen LogP contribution in [-0.2, 0) is 0 Å². The Morgan fingerprint density at radius 1 is 1.36 bits per heavy atom. The quantitative estimate of drug-likeness (QED) is 0.663. The minimum absolute atomic E-state index is 0.500. The summed E-state index contributed by atoms with van der Waals surface area (Å²) < 4.78 is 0. The first-order valence-corrected chi connectivity index (χ1v) is 4.84. The van der Waals surface area contributed by atoms with Crippen molar-refractivity contribution in [2.24, 2.45) is 17.1 Å². The summed E-state index contributed by atoms with van der Waals surface area (Å²) >= 11 is 0. The van der Waals surface area contributed by atoms with Crippen molar-refractivity contribution in [3.8, 4) is 0 Å². The number of hydrogen-bond donors (Lipinski definition) is 1. The van der Waals surface area contributed by atoms with Crippen LogP contribution >= 0.6 is 0 Å². The van der Waals surface area contributed by atoms with Gasteiger partial charge in [0.15, 0.2) is 0 Å². The van der Waals surface area contributed by atoms with Crippen molar-refractivity contribution in [1.29, 1.82) is 0 Å². The van der Waals surface area contributed by atoms with Gasteiger partial charge in [0.2, 0.25) is 0 Å². The van der Waals surface area contributed by atoms with E-state index in [-0.39, 0.29) is 0 Å². The second kappa shape index (κ2) is 3.57. The highest BCUT2D eigenvalue weighted by Crippen LogP contribution is 2.38. The zero-order valence-corrected chi connectivity index (χ0v) is 7.90. The van der Waals surface area contributed by atoms with Gasteiger partial charge in [-0.05, 0) is 30.7 Å². The smallest absolute Gasteiger partial charge is 0.00722 e. The van der Waals surface area contributed by atoms with Crippen LogP contribution in [0.1, 0.15) is 46.0 Å². The number of hydrogen-bond acceptors (Lipinski definition) is 1. The topological polar surface area (TPSA) is 26.0 Å². The summed E-state index contributed by atoms with van der Waals surface area (Å²) in [6.07, 6.45) is 6.97. The Balaban J connectivity index is 2.20. The molecule has 1 rings (SSSR count). The van der Waals surface area contributed by atoms with Crippen LogP contribution in [0.3, 0.4) is 0 Å². The van der Waals surface area contributed by atoms with E-state index >= 15 is 0 Å². The standard InChI is InChI=1S/C10H21N/c1-10(2,6-7-11)8-9-4-3-5-9/h9H,3-8,11H2,1-2H3. The van der Waals surface area contributed by atoms with Gasteiger partial charge in [0.05, 0.1) is 0 Å². The van der Waals surface area contributed by atoms with E-state index in [0.717, 1.165) is 12.5 Å². The molecule has 0 aromatic carbocycles. The lowest BCUT2D eigenvalue weighted by Gasteiger charge is -2.34. The van der Waals surface area contributed by atoms with Crippen LogP contribution in [0.25, 0.3) is 0 Å². The maximum atomic E-state index is 5.55. The van der Waals surface area contributed by atoms with Crippen LogP contribution in [0.15, 0.2) is 0 Å². The molecule has 1 heteroatoms. The average Bonchev–Trinajstić information content (AvgIpc) is 1.79. The summed E-state index contributed by atoms with van der Waals surface area (Å²) in [7, 11) is 0. The van der Waals surface area contributed by atoms with E-state index < -0.39 is 0 Å². The number of rotatable bonds is 4. The van der Waals surface area contributed by atoms with E-state index in [0.29, 0.717) is 5.41 Å². The van der Waals surface area contributed by atoms with Crippen LogP contribution in [0.5, 0.6) is 0 Å². The van der Waals surface area contributed by atoms with Crippen LogP contribution in [-0.4, -0.2) is 6.54 Å². The van der Waals surface area contributed by atoms with Crippen molar-refractivity contribution in [2.45, 2.75) is 46.0 Å². The van der Waals surface area contributed by atoms with Crippen molar-refractivity contribution < 1.29 is 0 Å². The van der Waals surface area contributed by atoms with E-state index in [1.165, 1.54) is 32.1 Å². The molecule has 1 aliphatic carbocycles. The Morgan fingerprint density at radius 3 is 2.36 bits per heavy atom. The van der Waals surface area contributed by atoms with Crippen LogP contribution in [0, 0.1) is 11.3 Å². The van der Waals surface area contributed by atoms with Gasteiger partial charge in [-0.2, -0.15) is 0 Å². The Morgan fingerprint density at radius 2 is 2.00 bits per heavy atom. The molecule has 0 radical (unpaired) electrons. The molecular formula is C10H21N. The monoisotopic (exact) mass is 155 g/mol. The summed E-state index contributed by atoms with van der Waals surface area (Å²) in [5.74, 6) is 1.02. The van der Waals surface area contributed by atoms with Crippen molar-refractivity contribution in [2.75, 3.05) is 6.54 Å². The van der Waals surface area contributed by atoms with E-state index in [9.17, 15) is 0 Å². The Labute approximate surface area is 70.4 Å². The molecule has 0 aromatic rings. The van der Waals surface area contributed by atoms with Crippen molar-refractivity contribution in [1.82, 2.24) is 0 Å². The molecule has 0 atom stereocenters. The van der Waals surface area contributed by atoms with Gasteiger partial charge >= 0.3 is 0 Å². The maximum Gasteiger partial charge on any atom is -0.00722 e. The molecule has 1 aliphatic rings. The molecule has 0 bridgehead atoms. The summed E-state index contributed by atoms with van der Waals surface area (Å²) in [5, 5.41) is 0. The molecule has 0 aromatic heterocycles. The summed E-state index contributed by atoms with van der Waals surface area (Å²) in [4.78, 5) is 0. The third-order valence-corrected chi connectivity index (χ3v) is 2.89. The summed E-state index contributed by atoms with van der Waals surface area (Å²) in [5.41, 5.74) is 6.05. The largest absolute Gasteiger partial charge is 0.330 e. The lowest BCUT2D eigenvalue weighted by molar-refractivity contribution is 0.184. The molecule has 1 saturated carbocycles. The zero-order valence-electron chi connectivity index (χ0n) is 7.90. The predicted molar refractivity (Wildman–Crippen MR) is 49.4 cm³/mol. The summed E-state index contributed by atoms with van der Waals surface area (Å²) in [6.45, 7) is 5.54. The fraction of sp³-hybridized carbons (Fsp3) is 1.00. The second-order valence-corrected chi connectivity index (χ2v) is 4.70. The normalized spacial score (nSPS) is 19.9. The van der Waals surface area contributed by atoms with Gasteiger partial charge in [0.1, 0.15) is 0 Å². The predicted octanol–water partition coefficient (Wildman–Crippen LogP) is 2.55. The van der Waals surface area contributed by atoms with Crippen molar-refractivity contribution in [3.05, 3.63) is 0 Å². The van der Waals surface area contributed by atoms with Gasteiger partial charge in [-0.25, -0.2) is 0 Å². The third kappa shape index (κ3) is 2.82. The first kappa shape index (κ1) is 9.05. The molecular weight excluding hydrogens is 134 g/mol. The lowest BCUT2D eigenvalue weighted by Crippen LogP contribution is -2.24. The van der Waals surface area contributed by atoms with Crippen molar-refractivity contribution in [3.63, 3.8) is 0 Å². The Kier molecular flexibility index (Phi) is 2.94. The van der Waals surface area contributed by atoms with Crippen molar-refractivity contribution >= 4 is 0 Å². The SMILES string of the molecule is CC(C)(CCN)CC1CCC1. The van der Waals surface area contributed by atoms with Gasteiger partial charge in [-0.1, -0.05) is 33.1 Å². The van der Waals surface area contributed by atoms with E-state index in [2.05, 4.69) is 13.8 Å². The number of nitrogens with two attached hydrogens (primary N) is 1. The van der Waals surface area contributed by atoms with Gasteiger partial charge in [-0.3, -0.25) is 0 Å². The van der Waals surface area contributed by atoms with Gasteiger partial charge in [0.25, 0.3) is 0 Å². The van der Waals surface area contributed by atoms with Gasteiger partial charge in [-0.15, -0.1) is 0 Å². The Hall–Kier alpha value is -0.0400. The highest BCUT2D eigenvalue weighted by atomic mass is 14.5. The van der Waals surface area contributed by atoms with Crippen LogP contribution < -0.4 is 5.73 Å². The minimum Gasteiger partial charge on any atom is -0.330 e. The van der Waals surface area contributed by atoms with E-state index in [1.807, 2.05) is 0 Å². The molecule has 0 aliphatic heterocycles. The average molecular weight is 155 g/mol. The maximum absolute atomic E-state index is 5.55. The molecule has 11 heavy (non-hydrogen) atoms. The molecule has 0 amide bonds. The molecule has 0 saturated heterocycles. The van der Waals surface area contributed by atoms with Crippen LogP contribution in [0.2, 0.25) is 0 Å².